The van der Waals surface area contributed by atoms with Gasteiger partial charge in [0.05, 0.1) is 17.8 Å². The molecule has 3 aromatic heterocycles. The number of nitrogens with zero attached hydrogens (tertiary/aromatic N) is 4. The molecule has 1 fully saturated rings. The summed E-state index contributed by atoms with van der Waals surface area (Å²) in [6.07, 6.45) is 2.90. The van der Waals surface area contributed by atoms with Gasteiger partial charge in [0.1, 0.15) is 28.3 Å². The molecule has 26 heavy (non-hydrogen) atoms. The Morgan fingerprint density at radius 1 is 1.35 bits per heavy atom. The number of carboxylic acid groups (broad SMARTS) is 1. The predicted octanol–water partition coefficient (Wildman–Crippen LogP) is 1.96. The molecule has 1 aliphatic rings. The second-order valence-corrected chi connectivity index (χ2v) is 6.23. The fourth-order valence-corrected chi connectivity index (χ4v) is 3.19. The van der Waals surface area contributed by atoms with Gasteiger partial charge in [-0.05, 0) is 18.2 Å². The third-order valence-corrected chi connectivity index (χ3v) is 4.63. The molecule has 130 valence electrons. The SMILES string of the molecule is O=C(O)c1c[nH]c2ncc(-c3nn(C4CNC4)c4cc(F)ccc34)nc12. The van der Waals surface area contributed by atoms with E-state index in [1.54, 1.807) is 16.9 Å². The third kappa shape index (κ3) is 2.10. The highest BCUT2D eigenvalue weighted by molar-refractivity contribution is 6.01. The van der Waals surface area contributed by atoms with Gasteiger partial charge >= 0.3 is 5.97 Å². The van der Waals surface area contributed by atoms with Crippen LogP contribution in [0.5, 0.6) is 0 Å². The average Bonchev–Trinajstić information content (AvgIpc) is 3.14. The van der Waals surface area contributed by atoms with Crippen LogP contribution in [0.4, 0.5) is 4.39 Å². The van der Waals surface area contributed by atoms with Gasteiger partial charge in [0.15, 0.2) is 5.65 Å². The van der Waals surface area contributed by atoms with Crippen LogP contribution in [0.2, 0.25) is 0 Å². The molecular formula is C17H13FN6O2. The standard InChI is InChI=1S/C17H13FN6O2/c18-8-1-2-10-13(3-8)24(9-4-19-5-9)23-14(10)12-7-21-16-15(22-12)11(6-20-16)17(25)26/h1-3,6-7,9,19H,4-5H2,(H,20,21)(H,25,26). The van der Waals surface area contributed by atoms with Crippen LogP contribution in [0.3, 0.4) is 0 Å². The molecule has 1 aromatic carbocycles. The predicted molar refractivity (Wildman–Crippen MR) is 91.4 cm³/mol. The Balaban J connectivity index is 1.75. The quantitative estimate of drug-likeness (QED) is 0.520. The topological polar surface area (TPSA) is 109 Å². The normalized spacial score (nSPS) is 14.8. The zero-order chi connectivity index (χ0) is 17.8. The summed E-state index contributed by atoms with van der Waals surface area (Å²) in [5, 5.41) is 17.9. The second kappa shape index (κ2) is 5.33. The molecule has 1 saturated heterocycles. The van der Waals surface area contributed by atoms with Crippen LogP contribution in [0, 0.1) is 5.82 Å². The lowest BCUT2D eigenvalue weighted by atomic mass is 10.1. The fraction of sp³-hybridized carbons (Fsp3) is 0.176. The van der Waals surface area contributed by atoms with E-state index in [0.29, 0.717) is 22.6 Å². The van der Waals surface area contributed by atoms with Crippen molar-refractivity contribution < 1.29 is 14.3 Å². The number of H-pyrrole nitrogens is 1. The maximum absolute atomic E-state index is 13.8. The van der Waals surface area contributed by atoms with E-state index in [9.17, 15) is 14.3 Å². The van der Waals surface area contributed by atoms with Crippen LogP contribution in [-0.4, -0.2) is 48.9 Å². The van der Waals surface area contributed by atoms with E-state index >= 15 is 0 Å². The zero-order valence-corrected chi connectivity index (χ0v) is 13.4. The number of carboxylic acids is 1. The highest BCUT2D eigenvalue weighted by atomic mass is 19.1. The first kappa shape index (κ1) is 15.0. The molecule has 5 rings (SSSR count). The number of rotatable bonds is 3. The molecule has 4 aromatic rings. The van der Waals surface area contributed by atoms with Crippen molar-refractivity contribution in [2.24, 2.45) is 0 Å². The van der Waals surface area contributed by atoms with E-state index in [1.165, 1.54) is 18.3 Å². The average molecular weight is 352 g/mol. The molecule has 0 bridgehead atoms. The van der Waals surface area contributed by atoms with E-state index in [0.717, 1.165) is 18.5 Å². The summed E-state index contributed by atoms with van der Waals surface area (Å²) in [4.78, 5) is 22.9. The van der Waals surface area contributed by atoms with Crippen molar-refractivity contribution >= 4 is 28.0 Å². The minimum Gasteiger partial charge on any atom is -0.478 e. The van der Waals surface area contributed by atoms with Crippen LogP contribution >= 0.6 is 0 Å². The number of hydrogen-bond donors (Lipinski definition) is 3. The molecule has 0 amide bonds. The number of aromatic carboxylic acids is 1. The van der Waals surface area contributed by atoms with E-state index in [1.807, 2.05) is 0 Å². The summed E-state index contributed by atoms with van der Waals surface area (Å²) in [7, 11) is 0. The molecule has 4 heterocycles. The minimum atomic E-state index is -1.08. The number of carbonyl (C=O) groups is 1. The molecule has 3 N–H and O–H groups in total. The molecule has 0 radical (unpaired) electrons. The molecule has 0 aliphatic carbocycles. The lowest BCUT2D eigenvalue weighted by molar-refractivity contribution is 0.0699. The first-order valence-corrected chi connectivity index (χ1v) is 8.08. The third-order valence-electron chi connectivity index (χ3n) is 4.63. The minimum absolute atomic E-state index is 0.0484. The van der Waals surface area contributed by atoms with Crippen LogP contribution < -0.4 is 5.32 Å². The Morgan fingerprint density at radius 2 is 2.19 bits per heavy atom. The molecule has 0 unspecified atom stereocenters. The highest BCUT2D eigenvalue weighted by Gasteiger charge is 2.25. The lowest BCUT2D eigenvalue weighted by Crippen LogP contribution is -2.43. The fourth-order valence-electron chi connectivity index (χ4n) is 3.19. The van der Waals surface area contributed by atoms with Crippen molar-refractivity contribution in [3.63, 3.8) is 0 Å². The van der Waals surface area contributed by atoms with Crippen LogP contribution in [0.1, 0.15) is 16.4 Å². The number of benzene rings is 1. The Kier molecular flexibility index (Phi) is 3.07. The van der Waals surface area contributed by atoms with Crippen molar-refractivity contribution in [1.29, 1.82) is 0 Å². The molecule has 9 heteroatoms. The van der Waals surface area contributed by atoms with Crippen molar-refractivity contribution in [2.75, 3.05) is 13.1 Å². The Morgan fingerprint density at radius 3 is 2.92 bits per heavy atom. The van der Waals surface area contributed by atoms with E-state index < -0.39 is 5.97 Å². The maximum atomic E-state index is 13.8. The number of hydrogen-bond acceptors (Lipinski definition) is 5. The summed E-state index contributed by atoms with van der Waals surface area (Å²) < 4.78 is 15.6. The summed E-state index contributed by atoms with van der Waals surface area (Å²) in [5.74, 6) is -1.42. The van der Waals surface area contributed by atoms with Crippen LogP contribution in [0.25, 0.3) is 33.5 Å². The molecule has 0 saturated carbocycles. The first-order chi connectivity index (χ1) is 12.6. The number of aromatic amines is 1. The number of aromatic nitrogens is 5. The summed E-state index contributed by atoms with van der Waals surface area (Å²) in [6, 6.07) is 4.64. The van der Waals surface area contributed by atoms with Gasteiger partial charge in [0.2, 0.25) is 0 Å². The van der Waals surface area contributed by atoms with Crippen molar-refractivity contribution in [1.82, 2.24) is 30.0 Å². The molecule has 0 spiro atoms. The van der Waals surface area contributed by atoms with E-state index in [2.05, 4.69) is 25.4 Å². The van der Waals surface area contributed by atoms with Crippen molar-refractivity contribution in [3.8, 4) is 11.4 Å². The smallest absolute Gasteiger partial charge is 0.339 e. The van der Waals surface area contributed by atoms with Gasteiger partial charge in [-0.25, -0.2) is 19.2 Å². The lowest BCUT2D eigenvalue weighted by Gasteiger charge is -2.27. The highest BCUT2D eigenvalue weighted by Crippen LogP contribution is 2.31. The number of nitrogens with one attached hydrogen (secondary N) is 2. The summed E-state index contributed by atoms with van der Waals surface area (Å²) in [5.41, 5.74) is 2.39. The van der Waals surface area contributed by atoms with Gasteiger partial charge in [0.25, 0.3) is 0 Å². The molecule has 8 nitrogen and oxygen atoms in total. The van der Waals surface area contributed by atoms with Crippen molar-refractivity contribution in [3.05, 3.63) is 42.0 Å². The first-order valence-electron chi connectivity index (χ1n) is 8.08. The van der Waals surface area contributed by atoms with Gasteiger partial charge in [0, 0.05) is 24.7 Å². The zero-order valence-electron chi connectivity index (χ0n) is 13.4. The van der Waals surface area contributed by atoms with Gasteiger partial charge in [-0.15, -0.1) is 0 Å². The molecule has 1 aliphatic heterocycles. The van der Waals surface area contributed by atoms with E-state index in [4.69, 9.17) is 0 Å². The molecular weight excluding hydrogens is 339 g/mol. The van der Waals surface area contributed by atoms with Gasteiger partial charge in [-0.3, -0.25) is 4.68 Å². The van der Waals surface area contributed by atoms with Gasteiger partial charge < -0.3 is 15.4 Å². The van der Waals surface area contributed by atoms with Crippen molar-refractivity contribution in [2.45, 2.75) is 6.04 Å². The largest absolute Gasteiger partial charge is 0.478 e. The van der Waals surface area contributed by atoms with E-state index in [-0.39, 0.29) is 22.9 Å². The second-order valence-electron chi connectivity index (χ2n) is 6.23. The maximum Gasteiger partial charge on any atom is 0.339 e. The summed E-state index contributed by atoms with van der Waals surface area (Å²) >= 11 is 0. The van der Waals surface area contributed by atoms with Gasteiger partial charge in [-0.2, -0.15) is 5.10 Å². The van der Waals surface area contributed by atoms with Gasteiger partial charge in [-0.1, -0.05) is 0 Å². The Hall–Kier alpha value is -3.33. The Bertz CT molecular complexity index is 1180. The van der Waals surface area contributed by atoms with Crippen LogP contribution in [0.15, 0.2) is 30.6 Å². The monoisotopic (exact) mass is 352 g/mol. The summed E-state index contributed by atoms with van der Waals surface area (Å²) in [6.45, 7) is 1.52. The molecule has 0 atom stereocenters. The number of fused-ring (bicyclic) bond motifs is 2. The van der Waals surface area contributed by atoms with Crippen LogP contribution in [-0.2, 0) is 0 Å². The Labute approximate surface area is 145 Å². The number of halogens is 1.